The minimum Gasteiger partial charge on any atom is -0.356 e. The molecule has 0 aromatic heterocycles. The molecule has 0 saturated carbocycles. The van der Waals surface area contributed by atoms with Gasteiger partial charge in [0.2, 0.25) is 5.91 Å². The van der Waals surface area contributed by atoms with Crippen LogP contribution in [0.25, 0.3) is 0 Å². The van der Waals surface area contributed by atoms with Gasteiger partial charge in [0, 0.05) is 52.2 Å². The first kappa shape index (κ1) is 24.1. The summed E-state index contributed by atoms with van der Waals surface area (Å²) in [5, 5.41) is 2.97. The molecule has 1 N–H and O–H groups in total. The van der Waals surface area contributed by atoms with Crippen LogP contribution >= 0.6 is 0 Å². The summed E-state index contributed by atoms with van der Waals surface area (Å²) >= 11 is 0. The van der Waals surface area contributed by atoms with E-state index in [0.717, 1.165) is 51.3 Å². The first-order chi connectivity index (χ1) is 16.5. The second-order valence-electron chi connectivity index (χ2n) is 9.22. The van der Waals surface area contributed by atoms with Crippen LogP contribution in [0.3, 0.4) is 0 Å². The average molecular weight is 463 g/mol. The van der Waals surface area contributed by atoms with Gasteiger partial charge in [-0.3, -0.25) is 24.2 Å². The Bertz CT molecular complexity index is 1020. The summed E-state index contributed by atoms with van der Waals surface area (Å²) in [6.45, 7) is 9.05. The molecule has 0 spiro atoms. The second-order valence-corrected chi connectivity index (χ2v) is 9.22. The Hall–Kier alpha value is -3.03. The van der Waals surface area contributed by atoms with Gasteiger partial charge >= 0.3 is 0 Å². The summed E-state index contributed by atoms with van der Waals surface area (Å²) in [4.78, 5) is 43.4. The van der Waals surface area contributed by atoms with Crippen molar-refractivity contribution in [2.24, 2.45) is 0 Å². The number of carbonyl (C=O) groups is 3. The van der Waals surface area contributed by atoms with E-state index in [0.29, 0.717) is 30.5 Å². The zero-order chi connectivity index (χ0) is 23.9. The van der Waals surface area contributed by atoms with Crippen molar-refractivity contribution in [3.05, 3.63) is 70.8 Å². The Labute approximate surface area is 201 Å². The molecule has 0 radical (unpaired) electrons. The van der Waals surface area contributed by atoms with Crippen LogP contribution in [0.15, 0.2) is 48.5 Å². The van der Waals surface area contributed by atoms with Crippen molar-refractivity contribution >= 4 is 17.7 Å². The molecule has 4 rings (SSSR count). The summed E-state index contributed by atoms with van der Waals surface area (Å²) in [7, 11) is 0. The molecule has 0 unspecified atom stereocenters. The summed E-state index contributed by atoms with van der Waals surface area (Å²) in [5.74, 6) is -0.544. The smallest absolute Gasteiger partial charge is 0.261 e. The molecule has 1 saturated heterocycles. The molecule has 34 heavy (non-hydrogen) atoms. The summed E-state index contributed by atoms with van der Waals surface area (Å²) in [5.41, 5.74) is 3.24. The molecule has 2 heterocycles. The third-order valence-corrected chi connectivity index (χ3v) is 6.60. The predicted octanol–water partition coefficient (Wildman–Crippen LogP) is 2.70. The highest BCUT2D eigenvalue weighted by atomic mass is 16.2. The van der Waals surface area contributed by atoms with E-state index in [4.69, 9.17) is 0 Å². The number of piperazine rings is 1. The molecule has 7 heteroatoms. The van der Waals surface area contributed by atoms with E-state index in [9.17, 15) is 14.4 Å². The number of fused-ring (bicyclic) bond motifs is 1. The minimum atomic E-state index is -0.260. The van der Waals surface area contributed by atoms with Gasteiger partial charge in [0.15, 0.2) is 0 Å². The van der Waals surface area contributed by atoms with E-state index in [2.05, 4.69) is 45.4 Å². The molecule has 0 atom stereocenters. The maximum atomic E-state index is 12.5. The van der Waals surface area contributed by atoms with Crippen LogP contribution in [0, 0.1) is 6.92 Å². The average Bonchev–Trinajstić information content (AvgIpc) is 3.07. The number of rotatable bonds is 10. The number of hydrogen-bond acceptors (Lipinski definition) is 5. The monoisotopic (exact) mass is 462 g/mol. The van der Waals surface area contributed by atoms with Crippen LogP contribution in [0.4, 0.5) is 0 Å². The van der Waals surface area contributed by atoms with Crippen LogP contribution in [-0.4, -0.2) is 78.2 Å². The number of hydrogen-bond donors (Lipinski definition) is 1. The lowest BCUT2D eigenvalue weighted by Gasteiger charge is -2.34. The van der Waals surface area contributed by atoms with Crippen molar-refractivity contribution < 1.29 is 14.4 Å². The molecular formula is C27H34N4O3. The van der Waals surface area contributed by atoms with Crippen molar-refractivity contribution in [1.82, 2.24) is 20.0 Å². The van der Waals surface area contributed by atoms with Crippen molar-refractivity contribution in [3.63, 3.8) is 0 Å². The highest BCUT2D eigenvalue weighted by Crippen LogP contribution is 2.24. The van der Waals surface area contributed by atoms with Gasteiger partial charge in [-0.2, -0.15) is 0 Å². The van der Waals surface area contributed by atoms with E-state index in [1.165, 1.54) is 10.5 Å². The molecule has 0 bridgehead atoms. The molecule has 0 aliphatic carbocycles. The molecule has 7 nitrogen and oxygen atoms in total. The number of nitrogens with zero attached hydrogens (tertiary/aromatic N) is 3. The molecule has 1 fully saturated rings. The molecular weight excluding hydrogens is 428 g/mol. The van der Waals surface area contributed by atoms with Crippen molar-refractivity contribution in [2.75, 3.05) is 45.8 Å². The number of carbonyl (C=O) groups excluding carboxylic acids is 3. The zero-order valence-electron chi connectivity index (χ0n) is 20.0. The molecule has 3 amide bonds. The predicted molar refractivity (Wildman–Crippen MR) is 132 cm³/mol. The van der Waals surface area contributed by atoms with Crippen molar-refractivity contribution in [1.29, 1.82) is 0 Å². The molecule has 2 aliphatic rings. The third-order valence-electron chi connectivity index (χ3n) is 6.60. The number of imide groups is 1. The fourth-order valence-electron chi connectivity index (χ4n) is 4.64. The number of amides is 3. The Morgan fingerprint density at radius 1 is 0.853 bits per heavy atom. The summed E-state index contributed by atoms with van der Waals surface area (Å²) < 4.78 is 0. The van der Waals surface area contributed by atoms with Gasteiger partial charge in [-0.05, 0) is 44.0 Å². The van der Waals surface area contributed by atoms with Gasteiger partial charge in [0.25, 0.3) is 11.8 Å². The van der Waals surface area contributed by atoms with Crippen molar-refractivity contribution in [3.8, 4) is 0 Å². The van der Waals surface area contributed by atoms with Gasteiger partial charge in [0.05, 0.1) is 11.1 Å². The van der Waals surface area contributed by atoms with E-state index >= 15 is 0 Å². The second kappa shape index (κ2) is 11.4. The van der Waals surface area contributed by atoms with Gasteiger partial charge in [0.1, 0.15) is 0 Å². The topological polar surface area (TPSA) is 73.0 Å². The minimum absolute atomic E-state index is 0.0277. The maximum Gasteiger partial charge on any atom is 0.261 e. The number of aryl methyl sites for hydroxylation is 1. The fraction of sp³-hybridized carbons (Fsp3) is 0.444. The van der Waals surface area contributed by atoms with Crippen LogP contribution in [0.1, 0.15) is 51.1 Å². The quantitative estimate of drug-likeness (QED) is 0.434. The summed E-state index contributed by atoms with van der Waals surface area (Å²) in [6.07, 6.45) is 1.70. The molecule has 2 aromatic rings. The fourth-order valence-corrected chi connectivity index (χ4v) is 4.64. The largest absolute Gasteiger partial charge is 0.356 e. The van der Waals surface area contributed by atoms with Gasteiger partial charge in [-0.1, -0.05) is 42.0 Å². The third kappa shape index (κ3) is 6.10. The van der Waals surface area contributed by atoms with Gasteiger partial charge < -0.3 is 10.2 Å². The lowest BCUT2D eigenvalue weighted by molar-refractivity contribution is -0.121. The SMILES string of the molecule is Cc1ccc2c(c1)C(=O)N(CCCC(=O)NCCCN1CCN(Cc3ccccc3)CC1)C2=O. The van der Waals surface area contributed by atoms with Crippen LogP contribution in [0.5, 0.6) is 0 Å². The lowest BCUT2D eigenvalue weighted by atomic mass is 10.1. The Morgan fingerprint density at radius 2 is 1.56 bits per heavy atom. The Morgan fingerprint density at radius 3 is 2.32 bits per heavy atom. The molecule has 180 valence electrons. The van der Waals surface area contributed by atoms with Crippen LogP contribution in [-0.2, 0) is 11.3 Å². The Kier molecular flexibility index (Phi) is 8.08. The van der Waals surface area contributed by atoms with E-state index in [-0.39, 0.29) is 24.3 Å². The lowest BCUT2D eigenvalue weighted by Crippen LogP contribution is -2.46. The summed E-state index contributed by atoms with van der Waals surface area (Å²) in [6, 6.07) is 15.9. The zero-order valence-corrected chi connectivity index (χ0v) is 20.0. The van der Waals surface area contributed by atoms with Gasteiger partial charge in [-0.25, -0.2) is 0 Å². The highest BCUT2D eigenvalue weighted by Gasteiger charge is 2.34. The first-order valence-electron chi connectivity index (χ1n) is 12.2. The standard InChI is InChI=1S/C27H34N4O3/c1-21-10-11-23-24(19-21)27(34)31(26(23)33)14-5-9-25(32)28-12-6-13-29-15-17-30(18-16-29)20-22-7-3-2-4-8-22/h2-4,7-8,10-11,19H,5-6,9,12-18,20H2,1H3,(H,28,32). The number of benzene rings is 2. The van der Waals surface area contributed by atoms with Crippen molar-refractivity contribution in [2.45, 2.75) is 32.7 Å². The van der Waals surface area contributed by atoms with Crippen LogP contribution in [0.2, 0.25) is 0 Å². The highest BCUT2D eigenvalue weighted by molar-refractivity contribution is 6.21. The van der Waals surface area contributed by atoms with Crippen LogP contribution < -0.4 is 5.32 Å². The van der Waals surface area contributed by atoms with E-state index in [1.54, 1.807) is 12.1 Å². The molecule has 2 aromatic carbocycles. The molecule has 2 aliphatic heterocycles. The number of nitrogens with one attached hydrogen (secondary N) is 1. The Balaban J connectivity index is 1.07. The normalized spacial score (nSPS) is 16.7. The first-order valence-corrected chi connectivity index (χ1v) is 12.2. The van der Waals surface area contributed by atoms with E-state index in [1.807, 2.05) is 13.0 Å². The van der Waals surface area contributed by atoms with Gasteiger partial charge in [-0.15, -0.1) is 0 Å². The van der Waals surface area contributed by atoms with E-state index < -0.39 is 0 Å². The maximum absolute atomic E-state index is 12.5.